The Hall–Kier alpha value is -1.16. The highest BCUT2D eigenvalue weighted by Gasteiger charge is 2.00. The van der Waals surface area contributed by atoms with Gasteiger partial charge in [0.05, 0.1) is 0 Å². The van der Waals surface area contributed by atoms with Gasteiger partial charge in [0.2, 0.25) is 0 Å². The third kappa shape index (κ3) is 6.22. The molecule has 4 nitrogen and oxygen atoms in total. The van der Waals surface area contributed by atoms with Crippen molar-refractivity contribution in [1.82, 2.24) is 9.97 Å². The van der Waals surface area contributed by atoms with Crippen LogP contribution in [0, 0.1) is 6.92 Å². The van der Waals surface area contributed by atoms with Crippen molar-refractivity contribution in [3.8, 4) is 0 Å². The molecule has 1 rings (SSSR count). The van der Waals surface area contributed by atoms with Crippen molar-refractivity contribution in [3.63, 3.8) is 0 Å². The summed E-state index contributed by atoms with van der Waals surface area (Å²) in [5.41, 5.74) is 6.53. The van der Waals surface area contributed by atoms with Crippen molar-refractivity contribution in [2.24, 2.45) is 0 Å². The van der Waals surface area contributed by atoms with Gasteiger partial charge >= 0.3 is 0 Å². The van der Waals surface area contributed by atoms with Crippen molar-refractivity contribution in [2.45, 2.75) is 52.6 Å². The highest BCUT2D eigenvalue weighted by molar-refractivity contribution is 5.28. The molecule has 17 heavy (non-hydrogen) atoms. The quantitative estimate of drug-likeness (QED) is 0.706. The van der Waals surface area contributed by atoms with E-state index in [4.69, 9.17) is 10.5 Å². The molecule has 0 saturated heterocycles. The number of aryl methyl sites for hydroxylation is 1. The predicted octanol–water partition coefficient (Wildman–Crippen LogP) is 2.85. The molecule has 0 radical (unpaired) electrons. The molecule has 0 amide bonds. The predicted molar refractivity (Wildman–Crippen MR) is 69.6 cm³/mol. The largest absolute Gasteiger partial charge is 0.384 e. The number of unbranched alkanes of at least 4 members (excludes halogenated alkanes) is 4. The lowest BCUT2D eigenvalue weighted by atomic mass is 10.2. The molecule has 2 N–H and O–H groups in total. The number of anilines is 1. The van der Waals surface area contributed by atoms with E-state index in [1.165, 1.54) is 25.7 Å². The Morgan fingerprint density at radius 1 is 1.18 bits per heavy atom. The molecule has 0 atom stereocenters. The van der Waals surface area contributed by atoms with Crippen LogP contribution in [0.2, 0.25) is 0 Å². The minimum absolute atomic E-state index is 0.458. The van der Waals surface area contributed by atoms with Gasteiger partial charge < -0.3 is 10.5 Å². The Bertz CT molecular complexity index is 308. The summed E-state index contributed by atoms with van der Waals surface area (Å²) < 4.78 is 5.53. The Kier molecular flexibility index (Phi) is 6.55. The summed E-state index contributed by atoms with van der Waals surface area (Å²) in [7, 11) is 0. The fourth-order valence-electron chi connectivity index (χ4n) is 1.69. The van der Waals surface area contributed by atoms with Crippen molar-refractivity contribution in [3.05, 3.63) is 17.6 Å². The lowest BCUT2D eigenvalue weighted by Gasteiger charge is -2.05. The molecule has 0 fully saturated rings. The molecule has 96 valence electrons. The summed E-state index contributed by atoms with van der Waals surface area (Å²) in [6, 6.07) is 1.76. The molecule has 0 spiro atoms. The van der Waals surface area contributed by atoms with Crippen molar-refractivity contribution < 1.29 is 4.74 Å². The lowest BCUT2D eigenvalue weighted by molar-refractivity contribution is 0.111. The average Bonchev–Trinajstić information content (AvgIpc) is 2.26. The summed E-state index contributed by atoms with van der Waals surface area (Å²) in [4.78, 5) is 8.39. The summed E-state index contributed by atoms with van der Waals surface area (Å²) in [6.07, 6.45) is 6.24. The van der Waals surface area contributed by atoms with E-state index in [-0.39, 0.29) is 0 Å². The molecule has 4 heteroatoms. The molecule has 0 saturated carbocycles. The van der Waals surface area contributed by atoms with Gasteiger partial charge in [-0.2, -0.15) is 0 Å². The minimum Gasteiger partial charge on any atom is -0.384 e. The summed E-state index contributed by atoms with van der Waals surface area (Å²) in [5.74, 6) is 1.19. The molecule has 1 aromatic heterocycles. The molecule has 0 aliphatic heterocycles. The van der Waals surface area contributed by atoms with Crippen LogP contribution < -0.4 is 5.73 Å². The van der Waals surface area contributed by atoms with E-state index in [0.717, 1.165) is 18.7 Å². The van der Waals surface area contributed by atoms with Crippen molar-refractivity contribution >= 4 is 5.82 Å². The van der Waals surface area contributed by atoms with Crippen molar-refractivity contribution in [1.29, 1.82) is 0 Å². The molecule has 1 heterocycles. The molecule has 1 aromatic rings. The van der Waals surface area contributed by atoms with Gasteiger partial charge in [-0.05, 0) is 13.3 Å². The van der Waals surface area contributed by atoms with E-state index in [0.29, 0.717) is 18.2 Å². The van der Waals surface area contributed by atoms with Gasteiger partial charge in [0.25, 0.3) is 0 Å². The zero-order valence-electron chi connectivity index (χ0n) is 10.9. The van der Waals surface area contributed by atoms with Crippen LogP contribution in [-0.2, 0) is 11.3 Å². The molecular formula is C13H23N3O. The SMILES string of the molecule is CCCCCCCOCc1nc(C)cc(N)n1. The van der Waals surface area contributed by atoms with Gasteiger partial charge in [-0.15, -0.1) is 0 Å². The summed E-state index contributed by atoms with van der Waals surface area (Å²) in [6.45, 7) is 5.36. The molecule has 0 unspecified atom stereocenters. The number of nitrogen functional groups attached to an aromatic ring is 1. The van der Waals surface area contributed by atoms with Gasteiger partial charge in [0.1, 0.15) is 12.4 Å². The zero-order chi connectivity index (χ0) is 12.5. The van der Waals surface area contributed by atoms with Crippen LogP contribution in [0.1, 0.15) is 50.5 Å². The fourth-order valence-corrected chi connectivity index (χ4v) is 1.69. The second-order valence-corrected chi connectivity index (χ2v) is 4.32. The second-order valence-electron chi connectivity index (χ2n) is 4.32. The first kappa shape index (κ1) is 13.9. The highest BCUT2D eigenvalue weighted by atomic mass is 16.5. The Labute approximate surface area is 104 Å². The normalized spacial score (nSPS) is 10.7. The van der Waals surface area contributed by atoms with Gasteiger partial charge in [0, 0.05) is 18.4 Å². The number of ether oxygens (including phenoxy) is 1. The smallest absolute Gasteiger partial charge is 0.156 e. The topological polar surface area (TPSA) is 61.0 Å². The molecule has 0 aromatic carbocycles. The Morgan fingerprint density at radius 2 is 1.94 bits per heavy atom. The molecular weight excluding hydrogens is 214 g/mol. The van der Waals surface area contributed by atoms with Gasteiger partial charge in [0.15, 0.2) is 5.82 Å². The maximum absolute atomic E-state index is 5.64. The van der Waals surface area contributed by atoms with Gasteiger partial charge in [-0.25, -0.2) is 9.97 Å². The van der Waals surface area contributed by atoms with Crippen molar-refractivity contribution in [2.75, 3.05) is 12.3 Å². The van der Waals surface area contributed by atoms with Crippen LogP contribution in [0.25, 0.3) is 0 Å². The standard InChI is InChI=1S/C13H23N3O/c1-3-4-5-6-7-8-17-10-13-15-11(2)9-12(14)16-13/h9H,3-8,10H2,1-2H3,(H2,14,15,16). The fraction of sp³-hybridized carbons (Fsp3) is 0.692. The molecule has 0 aliphatic carbocycles. The molecule has 0 bridgehead atoms. The van der Waals surface area contributed by atoms with Crippen LogP contribution >= 0.6 is 0 Å². The minimum atomic E-state index is 0.458. The lowest BCUT2D eigenvalue weighted by Crippen LogP contribution is -2.04. The summed E-state index contributed by atoms with van der Waals surface area (Å²) >= 11 is 0. The maximum atomic E-state index is 5.64. The third-order valence-electron chi connectivity index (χ3n) is 2.54. The van der Waals surface area contributed by atoms with Crippen LogP contribution in [0.4, 0.5) is 5.82 Å². The van der Waals surface area contributed by atoms with E-state index in [9.17, 15) is 0 Å². The van der Waals surface area contributed by atoms with Crippen LogP contribution in [0.15, 0.2) is 6.07 Å². The summed E-state index contributed by atoms with van der Waals surface area (Å²) in [5, 5.41) is 0. The van der Waals surface area contributed by atoms with Gasteiger partial charge in [-0.1, -0.05) is 32.6 Å². The van der Waals surface area contributed by atoms with Gasteiger partial charge in [-0.3, -0.25) is 0 Å². The number of hydrogen-bond donors (Lipinski definition) is 1. The maximum Gasteiger partial charge on any atom is 0.156 e. The third-order valence-corrected chi connectivity index (χ3v) is 2.54. The first-order chi connectivity index (χ1) is 8.22. The molecule has 0 aliphatic rings. The number of aromatic nitrogens is 2. The monoisotopic (exact) mass is 237 g/mol. The Morgan fingerprint density at radius 3 is 2.65 bits per heavy atom. The van der Waals surface area contributed by atoms with Crippen LogP contribution in [-0.4, -0.2) is 16.6 Å². The van der Waals surface area contributed by atoms with E-state index in [1.54, 1.807) is 6.07 Å². The highest BCUT2D eigenvalue weighted by Crippen LogP contribution is 2.05. The Balaban J connectivity index is 2.13. The second kappa shape index (κ2) is 8.01. The van der Waals surface area contributed by atoms with E-state index in [1.807, 2.05) is 6.92 Å². The number of hydrogen-bond acceptors (Lipinski definition) is 4. The number of nitrogens with two attached hydrogens (primary N) is 1. The van der Waals surface area contributed by atoms with E-state index in [2.05, 4.69) is 16.9 Å². The van der Waals surface area contributed by atoms with Crippen LogP contribution in [0.5, 0.6) is 0 Å². The number of nitrogens with zero attached hydrogens (tertiary/aromatic N) is 2. The first-order valence-corrected chi connectivity index (χ1v) is 6.40. The van der Waals surface area contributed by atoms with Crippen LogP contribution in [0.3, 0.4) is 0 Å². The first-order valence-electron chi connectivity index (χ1n) is 6.40. The number of rotatable bonds is 8. The average molecular weight is 237 g/mol. The van der Waals surface area contributed by atoms with E-state index >= 15 is 0 Å². The van der Waals surface area contributed by atoms with E-state index < -0.39 is 0 Å². The zero-order valence-corrected chi connectivity index (χ0v) is 10.9.